The van der Waals surface area contributed by atoms with E-state index in [1.807, 2.05) is 43.3 Å². The van der Waals surface area contributed by atoms with Crippen molar-refractivity contribution < 1.29 is 9.21 Å². The van der Waals surface area contributed by atoms with Crippen molar-refractivity contribution >= 4 is 35.0 Å². The number of nitrogens with one attached hydrogen (secondary N) is 1. The molecule has 5 nitrogen and oxygen atoms in total. The molecule has 3 rings (SSSR count). The van der Waals surface area contributed by atoms with E-state index in [1.165, 1.54) is 11.8 Å². The van der Waals surface area contributed by atoms with E-state index >= 15 is 0 Å². The van der Waals surface area contributed by atoms with Crippen LogP contribution in [0.4, 0.5) is 5.69 Å². The van der Waals surface area contributed by atoms with Gasteiger partial charge in [-0.1, -0.05) is 47.6 Å². The first-order valence-electron chi connectivity index (χ1n) is 7.65. The molecule has 0 radical (unpaired) electrons. The summed E-state index contributed by atoms with van der Waals surface area (Å²) in [6, 6.07) is 14.9. The highest BCUT2D eigenvalue weighted by Crippen LogP contribution is 2.27. The van der Waals surface area contributed by atoms with Crippen LogP contribution in [0.1, 0.15) is 12.5 Å². The van der Waals surface area contributed by atoms with Crippen LogP contribution in [0.5, 0.6) is 0 Å². The molecule has 2 aromatic carbocycles. The second kappa shape index (κ2) is 7.72. The molecule has 0 aliphatic heterocycles. The Morgan fingerprint density at radius 3 is 2.72 bits per heavy atom. The lowest BCUT2D eigenvalue weighted by atomic mass is 10.2. The molecule has 1 atom stereocenters. The zero-order valence-corrected chi connectivity index (χ0v) is 15.3. The number of carbonyl (C=O) groups excluding carboxylic acids is 1. The Morgan fingerprint density at radius 1 is 1.20 bits per heavy atom. The van der Waals surface area contributed by atoms with Crippen LogP contribution in [-0.2, 0) is 4.79 Å². The summed E-state index contributed by atoms with van der Waals surface area (Å²) < 4.78 is 5.62. The molecule has 1 heterocycles. The van der Waals surface area contributed by atoms with Crippen molar-refractivity contribution in [2.24, 2.45) is 0 Å². The van der Waals surface area contributed by atoms with Crippen LogP contribution < -0.4 is 5.32 Å². The average molecular weight is 374 g/mol. The van der Waals surface area contributed by atoms with Gasteiger partial charge in [-0.05, 0) is 43.7 Å². The lowest BCUT2D eigenvalue weighted by Gasteiger charge is -2.12. The van der Waals surface area contributed by atoms with Gasteiger partial charge in [0.2, 0.25) is 11.8 Å². The minimum absolute atomic E-state index is 0.158. The number of hydrogen-bond donors (Lipinski definition) is 1. The second-order valence-corrected chi connectivity index (χ2v) is 7.18. The molecule has 3 aromatic rings. The Morgan fingerprint density at radius 2 is 1.96 bits per heavy atom. The van der Waals surface area contributed by atoms with Crippen LogP contribution in [-0.4, -0.2) is 21.4 Å². The molecule has 0 aliphatic carbocycles. The molecule has 25 heavy (non-hydrogen) atoms. The van der Waals surface area contributed by atoms with Crippen LogP contribution in [0.3, 0.4) is 0 Å². The Hall–Kier alpha value is -2.31. The fourth-order valence-electron chi connectivity index (χ4n) is 2.12. The van der Waals surface area contributed by atoms with E-state index in [1.54, 1.807) is 19.1 Å². The molecule has 1 amide bonds. The highest BCUT2D eigenvalue weighted by Gasteiger charge is 2.19. The van der Waals surface area contributed by atoms with Gasteiger partial charge in [-0.15, -0.1) is 10.2 Å². The number of nitrogens with zero attached hydrogens (tertiary/aromatic N) is 2. The average Bonchev–Trinajstić information content (AvgIpc) is 3.07. The van der Waals surface area contributed by atoms with Crippen LogP contribution in [0.15, 0.2) is 58.2 Å². The fraction of sp³-hybridized carbons (Fsp3) is 0.167. The number of rotatable bonds is 5. The third-order valence-corrected chi connectivity index (χ3v) is 4.70. The largest absolute Gasteiger partial charge is 0.411 e. The summed E-state index contributed by atoms with van der Waals surface area (Å²) >= 11 is 7.19. The summed E-state index contributed by atoms with van der Waals surface area (Å²) in [5, 5.41) is 11.4. The van der Waals surface area contributed by atoms with Crippen molar-refractivity contribution in [1.29, 1.82) is 0 Å². The van der Waals surface area contributed by atoms with Crippen LogP contribution >= 0.6 is 23.4 Å². The summed E-state index contributed by atoms with van der Waals surface area (Å²) in [6.45, 7) is 3.69. The van der Waals surface area contributed by atoms with Crippen molar-refractivity contribution in [2.75, 3.05) is 5.32 Å². The zero-order chi connectivity index (χ0) is 17.8. The predicted molar refractivity (Wildman–Crippen MR) is 99.9 cm³/mol. The maximum atomic E-state index is 12.4. The van der Waals surface area contributed by atoms with Crippen LogP contribution in [0.2, 0.25) is 5.02 Å². The van der Waals surface area contributed by atoms with E-state index in [0.29, 0.717) is 21.8 Å². The number of anilines is 1. The zero-order valence-electron chi connectivity index (χ0n) is 13.7. The topological polar surface area (TPSA) is 68.0 Å². The molecule has 7 heteroatoms. The van der Waals surface area contributed by atoms with Crippen molar-refractivity contribution in [3.63, 3.8) is 0 Å². The van der Waals surface area contributed by atoms with Gasteiger partial charge in [-0.2, -0.15) is 0 Å². The van der Waals surface area contributed by atoms with Crippen molar-refractivity contribution in [1.82, 2.24) is 10.2 Å². The first kappa shape index (κ1) is 17.5. The summed E-state index contributed by atoms with van der Waals surface area (Å²) in [4.78, 5) is 12.4. The molecular formula is C18H16ClN3O2S. The van der Waals surface area contributed by atoms with Gasteiger partial charge in [0.1, 0.15) is 0 Å². The summed E-state index contributed by atoms with van der Waals surface area (Å²) in [7, 11) is 0. The highest BCUT2D eigenvalue weighted by atomic mass is 35.5. The normalized spacial score (nSPS) is 12.0. The number of benzene rings is 2. The lowest BCUT2D eigenvalue weighted by Crippen LogP contribution is -2.22. The van der Waals surface area contributed by atoms with Gasteiger partial charge in [0.15, 0.2) is 0 Å². The summed E-state index contributed by atoms with van der Waals surface area (Å²) in [5.41, 5.74) is 2.48. The quantitative estimate of drug-likeness (QED) is 0.649. The SMILES string of the molecule is Cc1ccc(Cl)cc1NC(=O)C(C)Sc1nnc(-c2ccccc2)o1. The van der Waals surface area contributed by atoms with Gasteiger partial charge in [0.25, 0.3) is 5.22 Å². The molecule has 0 fully saturated rings. The smallest absolute Gasteiger partial charge is 0.277 e. The molecule has 0 saturated carbocycles. The molecular weight excluding hydrogens is 358 g/mol. The van der Waals surface area contributed by atoms with Crippen LogP contribution in [0.25, 0.3) is 11.5 Å². The Bertz CT molecular complexity index is 883. The molecule has 0 bridgehead atoms. The van der Waals surface area contributed by atoms with Gasteiger partial charge < -0.3 is 9.73 Å². The van der Waals surface area contributed by atoms with E-state index in [4.69, 9.17) is 16.0 Å². The number of thioether (sulfide) groups is 1. The van der Waals surface area contributed by atoms with Crippen molar-refractivity contribution in [2.45, 2.75) is 24.3 Å². The third kappa shape index (κ3) is 4.41. The predicted octanol–water partition coefficient (Wildman–Crippen LogP) is 4.82. The highest BCUT2D eigenvalue weighted by molar-refractivity contribution is 8.00. The Labute approximate surface area is 154 Å². The second-order valence-electron chi connectivity index (χ2n) is 5.45. The summed E-state index contributed by atoms with van der Waals surface area (Å²) in [5.74, 6) is 0.274. The lowest BCUT2D eigenvalue weighted by molar-refractivity contribution is -0.115. The fourth-order valence-corrected chi connectivity index (χ4v) is 2.98. The number of hydrogen-bond acceptors (Lipinski definition) is 5. The third-order valence-electron chi connectivity index (χ3n) is 3.53. The maximum absolute atomic E-state index is 12.4. The minimum atomic E-state index is -0.401. The number of aromatic nitrogens is 2. The van der Waals surface area contributed by atoms with Gasteiger partial charge in [0.05, 0.1) is 5.25 Å². The first-order valence-corrected chi connectivity index (χ1v) is 8.91. The monoisotopic (exact) mass is 373 g/mol. The molecule has 0 aliphatic rings. The van der Waals surface area contributed by atoms with E-state index in [2.05, 4.69) is 15.5 Å². The summed E-state index contributed by atoms with van der Waals surface area (Å²) in [6.07, 6.45) is 0. The van der Waals surface area contributed by atoms with Crippen molar-refractivity contribution in [3.05, 3.63) is 59.1 Å². The molecule has 0 saturated heterocycles. The molecule has 0 spiro atoms. The molecule has 1 aromatic heterocycles. The molecule has 128 valence electrons. The Kier molecular flexibility index (Phi) is 5.40. The van der Waals surface area contributed by atoms with E-state index in [0.717, 1.165) is 11.1 Å². The van der Waals surface area contributed by atoms with Gasteiger partial charge in [-0.25, -0.2) is 0 Å². The van der Waals surface area contributed by atoms with E-state index < -0.39 is 5.25 Å². The van der Waals surface area contributed by atoms with Gasteiger partial charge in [-0.3, -0.25) is 4.79 Å². The van der Waals surface area contributed by atoms with Gasteiger partial charge >= 0.3 is 0 Å². The van der Waals surface area contributed by atoms with E-state index in [9.17, 15) is 4.79 Å². The Balaban J connectivity index is 1.66. The molecule has 1 unspecified atom stereocenters. The van der Waals surface area contributed by atoms with Crippen molar-refractivity contribution in [3.8, 4) is 11.5 Å². The number of aryl methyl sites for hydroxylation is 1. The maximum Gasteiger partial charge on any atom is 0.277 e. The number of amides is 1. The van der Waals surface area contributed by atoms with Gasteiger partial charge in [0, 0.05) is 16.3 Å². The standard InChI is InChI=1S/C18H16ClN3O2S/c1-11-8-9-14(19)10-15(11)20-16(23)12(2)25-18-22-21-17(24-18)13-6-4-3-5-7-13/h3-10,12H,1-2H3,(H,20,23). The number of halogens is 1. The van der Waals surface area contributed by atoms with Crippen LogP contribution in [0, 0.1) is 6.92 Å². The molecule has 1 N–H and O–H groups in total. The number of carbonyl (C=O) groups is 1. The first-order chi connectivity index (χ1) is 12.0. The minimum Gasteiger partial charge on any atom is -0.411 e. The van der Waals surface area contributed by atoms with E-state index in [-0.39, 0.29) is 5.91 Å².